The summed E-state index contributed by atoms with van der Waals surface area (Å²) in [7, 11) is 0. The van der Waals surface area contributed by atoms with Gasteiger partial charge in [-0.15, -0.1) is 0 Å². The molecule has 0 saturated carbocycles. The second-order valence-corrected chi connectivity index (χ2v) is 8.95. The van der Waals surface area contributed by atoms with Crippen LogP contribution in [-0.4, -0.2) is 0 Å². The van der Waals surface area contributed by atoms with Gasteiger partial charge in [0, 0.05) is 0 Å². The van der Waals surface area contributed by atoms with Gasteiger partial charge in [-0.05, 0) is 74.3 Å². The quantitative estimate of drug-likeness (QED) is 0.260. The third-order valence-electron chi connectivity index (χ3n) is 7.22. The second kappa shape index (κ2) is 8.01. The SMILES string of the molecule is C=Cc1ccc(C2(c3ccc4ccccc4c3)c3ccccc3-c3ccccc32)cc1/C=C\C. The number of hydrogen-bond acceptors (Lipinski definition) is 0. The predicted octanol–water partition coefficient (Wildman–Crippen LogP) is 8.88. The molecule has 0 saturated heterocycles. The van der Waals surface area contributed by atoms with E-state index >= 15 is 0 Å². The first-order valence-corrected chi connectivity index (χ1v) is 11.9. The second-order valence-electron chi connectivity index (χ2n) is 8.95. The summed E-state index contributed by atoms with van der Waals surface area (Å²) in [6, 6.07) is 40.2. The van der Waals surface area contributed by atoms with Gasteiger partial charge in [0.25, 0.3) is 0 Å². The third kappa shape index (κ3) is 2.85. The Kier molecular flexibility index (Phi) is 4.81. The van der Waals surface area contributed by atoms with Gasteiger partial charge in [0.15, 0.2) is 0 Å². The van der Waals surface area contributed by atoms with Crippen LogP contribution in [0, 0.1) is 0 Å². The number of rotatable bonds is 4. The average molecular weight is 435 g/mol. The Morgan fingerprint density at radius 1 is 0.588 bits per heavy atom. The summed E-state index contributed by atoms with van der Waals surface area (Å²) in [6.07, 6.45) is 6.23. The van der Waals surface area contributed by atoms with Crippen LogP contribution >= 0.6 is 0 Å². The van der Waals surface area contributed by atoms with Gasteiger partial charge >= 0.3 is 0 Å². The zero-order valence-electron chi connectivity index (χ0n) is 19.3. The van der Waals surface area contributed by atoms with Crippen LogP contribution in [0.4, 0.5) is 0 Å². The van der Waals surface area contributed by atoms with Crippen LogP contribution in [-0.2, 0) is 5.41 Å². The van der Waals surface area contributed by atoms with Gasteiger partial charge in [0.2, 0.25) is 0 Å². The van der Waals surface area contributed by atoms with Gasteiger partial charge in [-0.2, -0.15) is 0 Å². The Morgan fingerprint density at radius 3 is 1.85 bits per heavy atom. The summed E-state index contributed by atoms with van der Waals surface area (Å²) in [4.78, 5) is 0. The van der Waals surface area contributed by atoms with Crippen LogP contribution in [0.1, 0.15) is 40.3 Å². The van der Waals surface area contributed by atoms with Crippen LogP contribution in [0.3, 0.4) is 0 Å². The van der Waals surface area contributed by atoms with Crippen molar-refractivity contribution in [3.05, 3.63) is 155 Å². The van der Waals surface area contributed by atoms with E-state index in [0.29, 0.717) is 0 Å². The van der Waals surface area contributed by atoms with E-state index in [9.17, 15) is 0 Å². The maximum absolute atomic E-state index is 4.05. The normalized spacial score (nSPS) is 13.7. The molecule has 1 aliphatic carbocycles. The molecule has 0 nitrogen and oxygen atoms in total. The van der Waals surface area contributed by atoms with Gasteiger partial charge in [0.05, 0.1) is 5.41 Å². The average Bonchev–Trinajstić information content (AvgIpc) is 3.20. The maximum Gasteiger partial charge on any atom is 0.0714 e. The van der Waals surface area contributed by atoms with Crippen molar-refractivity contribution in [3.8, 4) is 11.1 Å². The molecular weight excluding hydrogens is 408 g/mol. The zero-order chi connectivity index (χ0) is 23.1. The minimum atomic E-state index is -0.396. The molecule has 0 fully saturated rings. The van der Waals surface area contributed by atoms with E-state index in [1.807, 2.05) is 6.08 Å². The summed E-state index contributed by atoms with van der Waals surface area (Å²) < 4.78 is 0. The van der Waals surface area contributed by atoms with E-state index in [-0.39, 0.29) is 0 Å². The third-order valence-corrected chi connectivity index (χ3v) is 7.22. The Morgan fingerprint density at radius 2 is 1.18 bits per heavy atom. The fraction of sp³-hybridized carbons (Fsp3) is 0.0588. The van der Waals surface area contributed by atoms with Crippen molar-refractivity contribution >= 4 is 22.9 Å². The largest absolute Gasteiger partial charge is 0.0984 e. The topological polar surface area (TPSA) is 0 Å². The van der Waals surface area contributed by atoms with Gasteiger partial charge in [-0.25, -0.2) is 0 Å². The lowest BCUT2D eigenvalue weighted by molar-refractivity contribution is 0.769. The van der Waals surface area contributed by atoms with E-state index in [1.165, 1.54) is 49.7 Å². The Hall–Kier alpha value is -4.16. The molecule has 0 spiro atoms. The van der Waals surface area contributed by atoms with Crippen molar-refractivity contribution in [1.29, 1.82) is 0 Å². The number of allylic oxidation sites excluding steroid dienone is 1. The molecule has 0 bridgehead atoms. The zero-order valence-corrected chi connectivity index (χ0v) is 19.3. The fourth-order valence-corrected chi connectivity index (χ4v) is 5.76. The first-order chi connectivity index (χ1) is 16.8. The highest BCUT2D eigenvalue weighted by Crippen LogP contribution is 2.56. The van der Waals surface area contributed by atoms with Crippen molar-refractivity contribution < 1.29 is 0 Å². The monoisotopic (exact) mass is 434 g/mol. The van der Waals surface area contributed by atoms with Crippen LogP contribution < -0.4 is 0 Å². The van der Waals surface area contributed by atoms with Gasteiger partial charge in [-0.3, -0.25) is 0 Å². The molecule has 0 heteroatoms. The van der Waals surface area contributed by atoms with Crippen molar-refractivity contribution in [3.63, 3.8) is 0 Å². The van der Waals surface area contributed by atoms with E-state index < -0.39 is 5.41 Å². The van der Waals surface area contributed by atoms with Gasteiger partial charge < -0.3 is 0 Å². The molecule has 5 aromatic rings. The first kappa shape index (κ1) is 20.4. The lowest BCUT2D eigenvalue weighted by atomic mass is 9.67. The molecule has 0 heterocycles. The molecule has 0 aromatic heterocycles. The summed E-state index contributed by atoms with van der Waals surface area (Å²) in [5.41, 5.74) is 9.81. The molecular formula is C34H26. The Labute approximate surface area is 201 Å². The molecule has 6 rings (SSSR count). The van der Waals surface area contributed by atoms with Crippen LogP contribution in [0.15, 0.2) is 122 Å². The summed E-state index contributed by atoms with van der Waals surface area (Å²) in [5.74, 6) is 0. The molecule has 5 aromatic carbocycles. The Balaban J connectivity index is 1.77. The molecule has 0 N–H and O–H groups in total. The van der Waals surface area contributed by atoms with Gasteiger partial charge in [0.1, 0.15) is 0 Å². The molecule has 0 radical (unpaired) electrons. The van der Waals surface area contributed by atoms with Gasteiger partial charge in [-0.1, -0.05) is 122 Å². The smallest absolute Gasteiger partial charge is 0.0714 e. The van der Waals surface area contributed by atoms with E-state index in [4.69, 9.17) is 0 Å². The molecule has 0 aliphatic heterocycles. The predicted molar refractivity (Wildman–Crippen MR) is 146 cm³/mol. The summed E-state index contributed by atoms with van der Waals surface area (Å²) >= 11 is 0. The molecule has 34 heavy (non-hydrogen) atoms. The molecule has 0 amide bonds. The van der Waals surface area contributed by atoms with Crippen molar-refractivity contribution in [1.82, 2.24) is 0 Å². The highest BCUT2D eigenvalue weighted by molar-refractivity contribution is 5.89. The van der Waals surface area contributed by atoms with Crippen molar-refractivity contribution in [2.75, 3.05) is 0 Å². The Bertz CT molecular complexity index is 1540. The fourth-order valence-electron chi connectivity index (χ4n) is 5.76. The highest BCUT2D eigenvalue weighted by Gasteiger charge is 2.46. The maximum atomic E-state index is 4.05. The van der Waals surface area contributed by atoms with Crippen LogP contribution in [0.2, 0.25) is 0 Å². The molecule has 1 aliphatic rings. The molecule has 162 valence electrons. The van der Waals surface area contributed by atoms with Crippen molar-refractivity contribution in [2.24, 2.45) is 0 Å². The minimum absolute atomic E-state index is 0.396. The number of benzene rings is 5. The van der Waals surface area contributed by atoms with E-state index in [1.54, 1.807) is 0 Å². The minimum Gasteiger partial charge on any atom is -0.0984 e. The number of hydrogen-bond donors (Lipinski definition) is 0. The summed E-state index contributed by atoms with van der Waals surface area (Å²) in [6.45, 7) is 6.12. The standard InChI is InChI=1S/C34H26/c1-3-11-26-22-28(20-18-24(26)4-2)34(29-21-19-25-12-5-6-13-27(25)23-29)32-16-9-7-14-30(32)31-15-8-10-17-33(31)34/h3-23H,2H2,1H3/b11-3-. The van der Waals surface area contributed by atoms with E-state index in [0.717, 1.165) is 5.56 Å². The van der Waals surface area contributed by atoms with Crippen LogP contribution in [0.5, 0.6) is 0 Å². The lowest BCUT2D eigenvalue weighted by Gasteiger charge is -2.34. The highest BCUT2D eigenvalue weighted by atomic mass is 14.5. The molecule has 0 atom stereocenters. The van der Waals surface area contributed by atoms with E-state index in [2.05, 4.69) is 135 Å². The summed E-state index contributed by atoms with van der Waals surface area (Å²) in [5, 5.41) is 2.52. The number of fused-ring (bicyclic) bond motifs is 4. The van der Waals surface area contributed by atoms with Crippen LogP contribution in [0.25, 0.3) is 34.1 Å². The molecule has 0 unspecified atom stereocenters. The first-order valence-electron chi connectivity index (χ1n) is 11.9. The van der Waals surface area contributed by atoms with Crippen molar-refractivity contribution in [2.45, 2.75) is 12.3 Å². The lowest BCUT2D eigenvalue weighted by Crippen LogP contribution is -2.28.